The SMILES string of the molecule is Cc1ccc2sc(N(Cc3cccnc3)C(=O)COc3ccc(Cl)cc3)nc2c1C. The van der Waals surface area contributed by atoms with Gasteiger partial charge in [0.1, 0.15) is 5.75 Å². The molecule has 30 heavy (non-hydrogen) atoms. The van der Waals surface area contributed by atoms with E-state index >= 15 is 0 Å². The van der Waals surface area contributed by atoms with Crippen LogP contribution in [0, 0.1) is 13.8 Å². The Kier molecular flexibility index (Phi) is 5.97. The minimum absolute atomic E-state index is 0.101. The van der Waals surface area contributed by atoms with Crippen LogP contribution < -0.4 is 9.64 Å². The molecule has 2 aromatic heterocycles. The molecule has 0 saturated heterocycles. The van der Waals surface area contributed by atoms with Crippen molar-refractivity contribution in [1.82, 2.24) is 9.97 Å². The third-order valence-corrected chi connectivity index (χ3v) is 6.14. The van der Waals surface area contributed by atoms with Crippen LogP contribution in [-0.4, -0.2) is 22.5 Å². The number of hydrogen-bond acceptors (Lipinski definition) is 5. The molecule has 1 amide bonds. The molecule has 0 N–H and O–H groups in total. The summed E-state index contributed by atoms with van der Waals surface area (Å²) in [7, 11) is 0. The van der Waals surface area contributed by atoms with E-state index in [-0.39, 0.29) is 12.5 Å². The molecular formula is C23H20ClN3O2S. The first-order valence-electron chi connectivity index (χ1n) is 9.45. The predicted molar refractivity (Wildman–Crippen MR) is 121 cm³/mol. The van der Waals surface area contributed by atoms with Gasteiger partial charge < -0.3 is 4.74 Å². The van der Waals surface area contributed by atoms with Gasteiger partial charge in [-0.3, -0.25) is 14.7 Å². The number of halogens is 1. The normalized spacial score (nSPS) is 10.9. The van der Waals surface area contributed by atoms with Gasteiger partial charge in [0, 0.05) is 17.4 Å². The lowest BCUT2D eigenvalue weighted by Crippen LogP contribution is -2.34. The van der Waals surface area contributed by atoms with Gasteiger partial charge in [0.05, 0.1) is 16.8 Å². The highest BCUT2D eigenvalue weighted by molar-refractivity contribution is 7.22. The lowest BCUT2D eigenvalue weighted by atomic mass is 10.1. The number of fused-ring (bicyclic) bond motifs is 1. The van der Waals surface area contributed by atoms with Crippen LogP contribution in [0.3, 0.4) is 0 Å². The van der Waals surface area contributed by atoms with Crippen molar-refractivity contribution in [2.45, 2.75) is 20.4 Å². The van der Waals surface area contributed by atoms with Crippen molar-refractivity contribution in [3.63, 3.8) is 0 Å². The van der Waals surface area contributed by atoms with E-state index in [1.807, 2.05) is 12.1 Å². The fourth-order valence-electron chi connectivity index (χ4n) is 3.02. The van der Waals surface area contributed by atoms with Crippen molar-refractivity contribution in [3.05, 3.63) is 82.6 Å². The van der Waals surface area contributed by atoms with Gasteiger partial charge in [-0.1, -0.05) is 35.1 Å². The molecule has 0 atom stereocenters. The summed E-state index contributed by atoms with van der Waals surface area (Å²) in [6.07, 6.45) is 3.46. The van der Waals surface area contributed by atoms with Crippen molar-refractivity contribution in [2.75, 3.05) is 11.5 Å². The van der Waals surface area contributed by atoms with E-state index in [4.69, 9.17) is 21.3 Å². The van der Waals surface area contributed by atoms with E-state index in [9.17, 15) is 4.79 Å². The van der Waals surface area contributed by atoms with Crippen molar-refractivity contribution < 1.29 is 9.53 Å². The van der Waals surface area contributed by atoms with Gasteiger partial charge in [-0.15, -0.1) is 0 Å². The number of carbonyl (C=O) groups is 1. The van der Waals surface area contributed by atoms with Gasteiger partial charge >= 0.3 is 0 Å². The highest BCUT2D eigenvalue weighted by atomic mass is 35.5. The van der Waals surface area contributed by atoms with Gasteiger partial charge in [0.15, 0.2) is 11.7 Å². The molecule has 0 radical (unpaired) electrons. The van der Waals surface area contributed by atoms with Crippen molar-refractivity contribution in [2.24, 2.45) is 0 Å². The third-order valence-electron chi connectivity index (χ3n) is 4.84. The number of benzene rings is 2. The number of ether oxygens (including phenoxy) is 1. The zero-order valence-electron chi connectivity index (χ0n) is 16.6. The zero-order chi connectivity index (χ0) is 21.1. The number of pyridine rings is 1. The number of thiazole rings is 1. The molecule has 0 aliphatic carbocycles. The first-order valence-corrected chi connectivity index (χ1v) is 10.6. The van der Waals surface area contributed by atoms with Gasteiger partial charge in [-0.05, 0) is 66.9 Å². The van der Waals surface area contributed by atoms with Crippen LogP contribution in [0.1, 0.15) is 16.7 Å². The molecule has 2 heterocycles. The average molecular weight is 438 g/mol. The largest absolute Gasteiger partial charge is 0.484 e. The Bertz CT molecular complexity index is 1180. The fourth-order valence-corrected chi connectivity index (χ4v) is 4.19. The van der Waals surface area contributed by atoms with E-state index in [1.165, 1.54) is 16.9 Å². The Hall–Kier alpha value is -2.96. The standard InChI is InChI=1S/C23H20ClN3O2S/c1-15-5-10-20-22(16(15)2)26-23(30-20)27(13-17-4-3-11-25-12-17)21(28)14-29-19-8-6-18(24)7-9-19/h3-12H,13-14H2,1-2H3. The lowest BCUT2D eigenvalue weighted by molar-refractivity contribution is -0.120. The van der Waals surface area contributed by atoms with Crippen LogP contribution >= 0.6 is 22.9 Å². The second-order valence-corrected chi connectivity index (χ2v) is 8.38. The molecule has 2 aromatic carbocycles. The van der Waals surface area contributed by atoms with E-state index in [0.717, 1.165) is 21.3 Å². The van der Waals surface area contributed by atoms with Crippen molar-refractivity contribution >= 4 is 44.2 Å². The fraction of sp³-hybridized carbons (Fsp3) is 0.174. The summed E-state index contributed by atoms with van der Waals surface area (Å²) in [5.74, 6) is 0.409. The number of anilines is 1. The molecule has 5 nitrogen and oxygen atoms in total. The van der Waals surface area contributed by atoms with Crippen molar-refractivity contribution in [1.29, 1.82) is 0 Å². The van der Waals surface area contributed by atoms with Crippen LogP contribution in [0.15, 0.2) is 60.9 Å². The number of nitrogens with zero attached hydrogens (tertiary/aromatic N) is 3. The van der Waals surface area contributed by atoms with Crippen LogP contribution in [0.5, 0.6) is 5.75 Å². The Morgan fingerprint density at radius 2 is 1.93 bits per heavy atom. The van der Waals surface area contributed by atoms with Gasteiger partial charge in [-0.2, -0.15) is 0 Å². The van der Waals surface area contributed by atoms with Gasteiger partial charge in [-0.25, -0.2) is 4.98 Å². The Labute approximate surface area is 183 Å². The number of rotatable bonds is 6. The summed E-state index contributed by atoms with van der Waals surface area (Å²) in [6.45, 7) is 4.38. The third kappa shape index (κ3) is 4.45. The van der Waals surface area contributed by atoms with Gasteiger partial charge in [0.2, 0.25) is 0 Å². The summed E-state index contributed by atoms with van der Waals surface area (Å²) >= 11 is 7.41. The summed E-state index contributed by atoms with van der Waals surface area (Å²) < 4.78 is 6.74. The van der Waals surface area contributed by atoms with Crippen LogP contribution in [0.25, 0.3) is 10.2 Å². The van der Waals surface area contributed by atoms with Crippen LogP contribution in [0.2, 0.25) is 5.02 Å². The Morgan fingerprint density at radius 3 is 2.67 bits per heavy atom. The van der Waals surface area contributed by atoms with E-state index in [0.29, 0.717) is 22.4 Å². The molecule has 0 aliphatic rings. The Balaban J connectivity index is 1.63. The summed E-state index contributed by atoms with van der Waals surface area (Å²) in [4.78, 5) is 23.7. The number of amides is 1. The average Bonchev–Trinajstić information content (AvgIpc) is 3.19. The molecule has 4 rings (SSSR count). The highest BCUT2D eigenvalue weighted by Gasteiger charge is 2.21. The molecular weight excluding hydrogens is 418 g/mol. The first-order chi connectivity index (χ1) is 14.5. The minimum Gasteiger partial charge on any atom is -0.484 e. The van der Waals surface area contributed by atoms with E-state index < -0.39 is 0 Å². The zero-order valence-corrected chi connectivity index (χ0v) is 18.2. The lowest BCUT2D eigenvalue weighted by Gasteiger charge is -2.20. The molecule has 152 valence electrons. The number of aryl methyl sites for hydroxylation is 2. The first kappa shape index (κ1) is 20.3. The molecule has 4 aromatic rings. The smallest absolute Gasteiger partial charge is 0.267 e. The summed E-state index contributed by atoms with van der Waals surface area (Å²) in [5.41, 5.74) is 4.15. The second-order valence-electron chi connectivity index (χ2n) is 6.93. The number of hydrogen-bond donors (Lipinski definition) is 0. The second kappa shape index (κ2) is 8.81. The maximum atomic E-state index is 13.1. The molecule has 0 bridgehead atoms. The van der Waals surface area contributed by atoms with Crippen LogP contribution in [-0.2, 0) is 11.3 Å². The molecule has 0 aliphatic heterocycles. The number of aromatic nitrogens is 2. The quantitative estimate of drug-likeness (QED) is 0.395. The van der Waals surface area contributed by atoms with E-state index in [2.05, 4.69) is 31.0 Å². The summed E-state index contributed by atoms with van der Waals surface area (Å²) in [5, 5.41) is 1.26. The molecule has 0 spiro atoms. The summed E-state index contributed by atoms with van der Waals surface area (Å²) in [6, 6.07) is 14.9. The monoisotopic (exact) mass is 437 g/mol. The Morgan fingerprint density at radius 1 is 1.13 bits per heavy atom. The van der Waals surface area contributed by atoms with Crippen molar-refractivity contribution in [3.8, 4) is 5.75 Å². The maximum absolute atomic E-state index is 13.1. The number of carbonyl (C=O) groups excluding carboxylic acids is 1. The maximum Gasteiger partial charge on any atom is 0.267 e. The topological polar surface area (TPSA) is 55.3 Å². The van der Waals surface area contributed by atoms with Crippen LogP contribution in [0.4, 0.5) is 5.13 Å². The van der Waals surface area contributed by atoms with Gasteiger partial charge in [0.25, 0.3) is 5.91 Å². The highest BCUT2D eigenvalue weighted by Crippen LogP contribution is 2.32. The van der Waals surface area contributed by atoms with E-state index in [1.54, 1.807) is 41.6 Å². The minimum atomic E-state index is -0.178. The predicted octanol–water partition coefficient (Wildman–Crippen LogP) is 5.57. The molecule has 0 saturated carbocycles. The molecule has 0 unspecified atom stereocenters. The molecule has 0 fully saturated rings. The molecule has 7 heteroatoms.